The smallest absolute Gasteiger partial charge is 0.166 e. The molecular weight excluding hydrogens is 285 g/mol. The minimum absolute atomic E-state index is 0.0995. The number of carbonyl (C=O) groups is 1. The van der Waals surface area contributed by atoms with Crippen molar-refractivity contribution in [3.05, 3.63) is 34.1 Å². The van der Waals surface area contributed by atoms with Gasteiger partial charge in [0.25, 0.3) is 0 Å². The molecule has 0 bridgehead atoms. The van der Waals surface area contributed by atoms with E-state index in [2.05, 4.69) is 21.2 Å². The van der Waals surface area contributed by atoms with Gasteiger partial charge in [0.15, 0.2) is 5.78 Å². The van der Waals surface area contributed by atoms with Gasteiger partial charge in [0.05, 0.1) is 5.56 Å². The Morgan fingerprint density at radius 3 is 3.06 bits per heavy atom. The Hall–Kier alpha value is -0.740. The number of halogens is 2. The highest BCUT2D eigenvalue weighted by Gasteiger charge is 2.19. The molecule has 4 heteroatoms. The summed E-state index contributed by atoms with van der Waals surface area (Å²) in [5.74, 6) is -0.186. The third-order valence-electron chi connectivity index (χ3n) is 3.10. The fourth-order valence-corrected chi connectivity index (χ4v) is 2.54. The first-order valence-corrected chi connectivity index (χ1v) is 6.65. The Morgan fingerprint density at radius 1 is 1.53 bits per heavy atom. The van der Waals surface area contributed by atoms with E-state index in [1.165, 1.54) is 6.07 Å². The summed E-state index contributed by atoms with van der Waals surface area (Å²) < 4.78 is 14.3. The molecule has 1 aromatic carbocycles. The van der Waals surface area contributed by atoms with Crippen LogP contribution in [-0.4, -0.2) is 18.9 Å². The number of nitrogens with one attached hydrogen (secondary N) is 1. The lowest BCUT2D eigenvalue weighted by Gasteiger charge is -2.22. The van der Waals surface area contributed by atoms with Gasteiger partial charge < -0.3 is 5.32 Å². The van der Waals surface area contributed by atoms with Crippen LogP contribution in [-0.2, 0) is 0 Å². The summed E-state index contributed by atoms with van der Waals surface area (Å²) in [7, 11) is 0. The van der Waals surface area contributed by atoms with E-state index in [4.69, 9.17) is 0 Å². The third kappa shape index (κ3) is 3.36. The lowest BCUT2D eigenvalue weighted by Crippen LogP contribution is -2.31. The number of benzene rings is 1. The van der Waals surface area contributed by atoms with Crippen LogP contribution < -0.4 is 5.32 Å². The van der Waals surface area contributed by atoms with Crippen molar-refractivity contribution >= 4 is 21.7 Å². The summed E-state index contributed by atoms with van der Waals surface area (Å²) >= 11 is 3.26. The van der Waals surface area contributed by atoms with Crippen molar-refractivity contribution in [2.24, 2.45) is 5.92 Å². The second kappa shape index (κ2) is 5.74. The first-order valence-electron chi connectivity index (χ1n) is 5.86. The van der Waals surface area contributed by atoms with Gasteiger partial charge in [0.2, 0.25) is 0 Å². The molecule has 1 aliphatic rings. The Morgan fingerprint density at radius 2 is 2.35 bits per heavy atom. The summed E-state index contributed by atoms with van der Waals surface area (Å²) in [5, 5.41) is 3.26. The van der Waals surface area contributed by atoms with Gasteiger partial charge in [-0.3, -0.25) is 4.79 Å². The van der Waals surface area contributed by atoms with Crippen molar-refractivity contribution in [3.63, 3.8) is 0 Å². The fraction of sp³-hybridized carbons (Fsp3) is 0.462. The van der Waals surface area contributed by atoms with E-state index in [0.29, 0.717) is 12.3 Å². The highest BCUT2D eigenvalue weighted by atomic mass is 79.9. The SMILES string of the molecule is O=C(CC1CCCNC1)c1cc(Br)ccc1F. The van der Waals surface area contributed by atoms with Crippen molar-refractivity contribution in [1.82, 2.24) is 5.32 Å². The Bertz CT molecular complexity index is 416. The molecule has 1 atom stereocenters. The van der Waals surface area contributed by atoms with E-state index in [1.807, 2.05) is 0 Å². The van der Waals surface area contributed by atoms with Crippen LogP contribution in [0.1, 0.15) is 29.6 Å². The van der Waals surface area contributed by atoms with Gasteiger partial charge >= 0.3 is 0 Å². The van der Waals surface area contributed by atoms with Crippen molar-refractivity contribution < 1.29 is 9.18 Å². The van der Waals surface area contributed by atoms with Crippen molar-refractivity contribution in [3.8, 4) is 0 Å². The predicted molar refractivity (Wildman–Crippen MR) is 68.6 cm³/mol. The first kappa shape index (κ1) is 12.7. The number of piperidine rings is 1. The van der Waals surface area contributed by atoms with Gasteiger partial charge in [-0.05, 0) is 50.0 Å². The minimum Gasteiger partial charge on any atom is -0.316 e. The van der Waals surface area contributed by atoms with Crippen LogP contribution in [0.2, 0.25) is 0 Å². The summed E-state index contributed by atoms with van der Waals surface area (Å²) in [4.78, 5) is 12.0. The van der Waals surface area contributed by atoms with Gasteiger partial charge in [-0.1, -0.05) is 15.9 Å². The Kier molecular flexibility index (Phi) is 4.29. The van der Waals surface area contributed by atoms with Gasteiger partial charge in [-0.15, -0.1) is 0 Å². The topological polar surface area (TPSA) is 29.1 Å². The molecule has 1 heterocycles. The van der Waals surface area contributed by atoms with Crippen LogP contribution in [0.15, 0.2) is 22.7 Å². The summed E-state index contributed by atoms with van der Waals surface area (Å²) in [6, 6.07) is 4.50. The van der Waals surface area contributed by atoms with Gasteiger partial charge in [0.1, 0.15) is 5.82 Å². The number of ketones is 1. The monoisotopic (exact) mass is 299 g/mol. The number of Topliss-reactive ketones (excluding diaryl/α,β-unsaturated/α-hetero) is 1. The molecular formula is C13H15BrFNO. The molecule has 1 unspecified atom stereocenters. The number of carbonyl (C=O) groups excluding carboxylic acids is 1. The lowest BCUT2D eigenvalue weighted by atomic mass is 9.92. The average molecular weight is 300 g/mol. The molecule has 0 aliphatic carbocycles. The van der Waals surface area contributed by atoms with Gasteiger partial charge in [0, 0.05) is 10.9 Å². The molecule has 1 saturated heterocycles. The van der Waals surface area contributed by atoms with Gasteiger partial charge in [-0.2, -0.15) is 0 Å². The number of rotatable bonds is 3. The maximum Gasteiger partial charge on any atom is 0.166 e. The zero-order valence-corrected chi connectivity index (χ0v) is 11.1. The molecule has 1 aromatic rings. The summed E-state index contributed by atoms with van der Waals surface area (Å²) in [5.41, 5.74) is 0.199. The van der Waals surface area contributed by atoms with E-state index in [9.17, 15) is 9.18 Å². The zero-order valence-electron chi connectivity index (χ0n) is 9.51. The molecule has 0 radical (unpaired) electrons. The van der Waals surface area contributed by atoms with Crippen LogP contribution in [0.4, 0.5) is 4.39 Å². The molecule has 1 N–H and O–H groups in total. The molecule has 2 rings (SSSR count). The molecule has 0 spiro atoms. The zero-order chi connectivity index (χ0) is 12.3. The van der Waals surface area contributed by atoms with E-state index < -0.39 is 5.82 Å². The largest absolute Gasteiger partial charge is 0.316 e. The quantitative estimate of drug-likeness (QED) is 0.869. The maximum atomic E-state index is 13.5. The molecule has 1 aliphatic heterocycles. The number of hydrogen-bond donors (Lipinski definition) is 1. The first-order chi connectivity index (χ1) is 8.16. The van der Waals surface area contributed by atoms with Crippen LogP contribution in [0, 0.1) is 11.7 Å². The normalized spacial score (nSPS) is 20.2. The molecule has 1 fully saturated rings. The maximum absolute atomic E-state index is 13.5. The van der Waals surface area contributed by atoms with Crippen LogP contribution in [0.5, 0.6) is 0 Å². The lowest BCUT2D eigenvalue weighted by molar-refractivity contribution is 0.0950. The molecule has 92 valence electrons. The molecule has 0 aromatic heterocycles. The second-order valence-corrected chi connectivity index (χ2v) is 5.38. The van der Waals surface area contributed by atoms with Crippen molar-refractivity contribution in [2.75, 3.05) is 13.1 Å². The Labute approximate surface area is 109 Å². The molecule has 2 nitrogen and oxygen atoms in total. The summed E-state index contributed by atoms with van der Waals surface area (Å²) in [6.07, 6.45) is 2.58. The predicted octanol–water partition coefficient (Wildman–Crippen LogP) is 3.16. The highest BCUT2D eigenvalue weighted by molar-refractivity contribution is 9.10. The molecule has 17 heavy (non-hydrogen) atoms. The molecule has 0 amide bonds. The standard InChI is InChI=1S/C13H15BrFNO/c14-10-3-4-12(15)11(7-10)13(17)6-9-2-1-5-16-8-9/h3-4,7,9,16H,1-2,5-6,8H2. The summed E-state index contributed by atoms with van der Waals surface area (Å²) in [6.45, 7) is 1.89. The van der Waals surface area contributed by atoms with E-state index in [1.54, 1.807) is 12.1 Å². The fourth-order valence-electron chi connectivity index (χ4n) is 2.18. The van der Waals surface area contributed by atoms with E-state index in [0.717, 1.165) is 30.4 Å². The van der Waals surface area contributed by atoms with Crippen molar-refractivity contribution in [1.29, 1.82) is 0 Å². The number of hydrogen-bond acceptors (Lipinski definition) is 2. The van der Waals surface area contributed by atoms with Crippen LogP contribution in [0.25, 0.3) is 0 Å². The third-order valence-corrected chi connectivity index (χ3v) is 3.60. The van der Waals surface area contributed by atoms with Crippen molar-refractivity contribution in [2.45, 2.75) is 19.3 Å². The second-order valence-electron chi connectivity index (χ2n) is 4.46. The van der Waals surface area contributed by atoms with Crippen LogP contribution >= 0.6 is 15.9 Å². The van der Waals surface area contributed by atoms with E-state index in [-0.39, 0.29) is 11.3 Å². The Balaban J connectivity index is 2.05. The van der Waals surface area contributed by atoms with Gasteiger partial charge in [-0.25, -0.2) is 4.39 Å². The minimum atomic E-state index is -0.429. The molecule has 0 saturated carbocycles. The average Bonchev–Trinajstić information content (AvgIpc) is 2.33. The van der Waals surface area contributed by atoms with E-state index >= 15 is 0 Å². The van der Waals surface area contributed by atoms with Crippen LogP contribution in [0.3, 0.4) is 0 Å². The highest BCUT2D eigenvalue weighted by Crippen LogP contribution is 2.21.